The summed E-state index contributed by atoms with van der Waals surface area (Å²) in [7, 11) is -3.89. The van der Waals surface area contributed by atoms with E-state index in [0.29, 0.717) is 12.2 Å². The molecule has 1 aromatic heterocycles. The Morgan fingerprint density at radius 1 is 1.00 bits per heavy atom. The highest BCUT2D eigenvalue weighted by Crippen LogP contribution is 2.18. The second kappa shape index (κ2) is 10.7. The third-order valence-electron chi connectivity index (χ3n) is 4.60. The van der Waals surface area contributed by atoms with Gasteiger partial charge in [-0.15, -0.1) is 0 Å². The number of nitrogens with zero attached hydrogens (tertiary/aromatic N) is 2. The molecule has 0 aliphatic heterocycles. The average molecular weight is 440 g/mol. The minimum absolute atomic E-state index is 0.0612. The van der Waals surface area contributed by atoms with Crippen molar-refractivity contribution < 1.29 is 17.6 Å². The first-order valence-electron chi connectivity index (χ1n) is 9.88. The predicted molar refractivity (Wildman–Crippen MR) is 119 cm³/mol. The van der Waals surface area contributed by atoms with E-state index in [-0.39, 0.29) is 18.0 Å². The minimum Gasteiger partial charge on any atom is -0.468 e. The summed E-state index contributed by atoms with van der Waals surface area (Å²) in [5.41, 5.74) is 4.40. The van der Waals surface area contributed by atoms with Crippen molar-refractivity contribution in [2.75, 3.05) is 6.54 Å². The van der Waals surface area contributed by atoms with Gasteiger partial charge in [0, 0.05) is 5.71 Å². The van der Waals surface area contributed by atoms with Crippen LogP contribution in [0.15, 0.2) is 93.5 Å². The molecule has 7 nitrogen and oxygen atoms in total. The van der Waals surface area contributed by atoms with Crippen LogP contribution in [0.5, 0.6) is 0 Å². The van der Waals surface area contributed by atoms with Crippen molar-refractivity contribution in [2.45, 2.75) is 31.2 Å². The lowest BCUT2D eigenvalue weighted by atomic mass is 10.1. The molecule has 0 atom stereocenters. The number of benzene rings is 2. The summed E-state index contributed by atoms with van der Waals surface area (Å²) in [5.74, 6) is -0.0834. The minimum atomic E-state index is -3.89. The summed E-state index contributed by atoms with van der Waals surface area (Å²) in [6.45, 7) is 1.38. The van der Waals surface area contributed by atoms with Gasteiger partial charge in [0.05, 0.1) is 24.2 Å². The Labute approximate surface area is 182 Å². The van der Waals surface area contributed by atoms with E-state index in [1.165, 1.54) is 24.0 Å². The number of hydrogen-bond acceptors (Lipinski definition) is 5. The first kappa shape index (κ1) is 22.5. The SMILES string of the molecule is C/C(CCc1ccccc1)=N\NC(=O)CN(Cc1ccco1)S(=O)(=O)c1ccccc1. The van der Waals surface area contributed by atoms with Crippen molar-refractivity contribution in [3.8, 4) is 0 Å². The fourth-order valence-electron chi connectivity index (χ4n) is 2.92. The molecule has 8 heteroatoms. The van der Waals surface area contributed by atoms with Crippen LogP contribution in [0.25, 0.3) is 0 Å². The van der Waals surface area contributed by atoms with E-state index in [1.807, 2.05) is 37.3 Å². The van der Waals surface area contributed by atoms with Crippen LogP contribution < -0.4 is 5.43 Å². The highest BCUT2D eigenvalue weighted by atomic mass is 32.2. The number of aryl methyl sites for hydroxylation is 1. The van der Waals surface area contributed by atoms with E-state index in [2.05, 4.69) is 10.5 Å². The smallest absolute Gasteiger partial charge is 0.255 e. The van der Waals surface area contributed by atoms with Gasteiger partial charge in [-0.2, -0.15) is 9.41 Å². The molecule has 0 saturated heterocycles. The summed E-state index contributed by atoms with van der Waals surface area (Å²) >= 11 is 0. The Bertz CT molecular complexity index is 1100. The zero-order valence-electron chi connectivity index (χ0n) is 17.3. The highest BCUT2D eigenvalue weighted by molar-refractivity contribution is 7.89. The molecule has 31 heavy (non-hydrogen) atoms. The molecule has 0 spiro atoms. The normalized spacial score (nSPS) is 12.1. The number of nitrogens with one attached hydrogen (secondary N) is 1. The van der Waals surface area contributed by atoms with Crippen LogP contribution in [0, 0.1) is 0 Å². The summed E-state index contributed by atoms with van der Waals surface area (Å²) in [6, 6.07) is 21.3. The van der Waals surface area contributed by atoms with Gasteiger partial charge in [0.1, 0.15) is 5.76 Å². The van der Waals surface area contributed by atoms with Gasteiger partial charge in [0.2, 0.25) is 10.0 Å². The van der Waals surface area contributed by atoms with Gasteiger partial charge in [-0.05, 0) is 49.6 Å². The Hall–Kier alpha value is -3.23. The average Bonchev–Trinajstić information content (AvgIpc) is 3.30. The molecule has 0 fully saturated rings. The van der Waals surface area contributed by atoms with Gasteiger partial charge < -0.3 is 4.42 Å². The number of carbonyl (C=O) groups is 1. The summed E-state index contributed by atoms with van der Waals surface area (Å²) in [5, 5.41) is 4.12. The Balaban J connectivity index is 1.65. The number of furan rings is 1. The molecule has 0 bridgehead atoms. The summed E-state index contributed by atoms with van der Waals surface area (Å²) < 4.78 is 32.5. The quantitative estimate of drug-likeness (QED) is 0.386. The molecular formula is C23H25N3O4S. The molecule has 0 aliphatic rings. The van der Waals surface area contributed by atoms with E-state index in [9.17, 15) is 13.2 Å². The summed E-state index contributed by atoms with van der Waals surface area (Å²) in [6.07, 6.45) is 2.95. The van der Waals surface area contributed by atoms with Crippen LogP contribution in [0.2, 0.25) is 0 Å². The molecule has 3 aromatic rings. The number of amides is 1. The van der Waals surface area contributed by atoms with Crippen molar-refractivity contribution in [2.24, 2.45) is 5.10 Å². The second-order valence-electron chi connectivity index (χ2n) is 7.03. The molecule has 0 saturated carbocycles. The predicted octanol–water partition coefficient (Wildman–Crippen LogP) is 3.60. The first-order valence-corrected chi connectivity index (χ1v) is 11.3. The third-order valence-corrected chi connectivity index (χ3v) is 6.41. The molecule has 162 valence electrons. The maximum atomic E-state index is 13.1. The topological polar surface area (TPSA) is 92.0 Å². The fraction of sp³-hybridized carbons (Fsp3) is 0.217. The fourth-order valence-corrected chi connectivity index (χ4v) is 4.31. The molecule has 2 aromatic carbocycles. The Morgan fingerprint density at radius 3 is 2.32 bits per heavy atom. The lowest BCUT2D eigenvalue weighted by Gasteiger charge is -2.20. The Morgan fingerprint density at radius 2 is 1.68 bits per heavy atom. The van der Waals surface area contributed by atoms with E-state index < -0.39 is 15.9 Å². The summed E-state index contributed by atoms with van der Waals surface area (Å²) in [4.78, 5) is 12.6. The number of sulfonamides is 1. The molecule has 1 N–H and O–H groups in total. The van der Waals surface area contributed by atoms with Gasteiger partial charge in [-0.3, -0.25) is 4.79 Å². The van der Waals surface area contributed by atoms with Crippen LogP contribution in [-0.4, -0.2) is 30.9 Å². The van der Waals surface area contributed by atoms with Crippen LogP contribution in [0.1, 0.15) is 24.7 Å². The van der Waals surface area contributed by atoms with E-state index in [0.717, 1.165) is 16.4 Å². The van der Waals surface area contributed by atoms with E-state index >= 15 is 0 Å². The lowest BCUT2D eigenvalue weighted by molar-refractivity contribution is -0.121. The monoisotopic (exact) mass is 439 g/mol. The van der Waals surface area contributed by atoms with Crippen molar-refractivity contribution in [1.29, 1.82) is 0 Å². The number of carbonyl (C=O) groups excluding carboxylic acids is 1. The van der Waals surface area contributed by atoms with Gasteiger partial charge in [-0.25, -0.2) is 13.8 Å². The molecule has 3 rings (SSSR count). The molecule has 1 amide bonds. The molecular weight excluding hydrogens is 414 g/mol. The van der Waals surface area contributed by atoms with Crippen LogP contribution in [-0.2, 0) is 27.8 Å². The largest absolute Gasteiger partial charge is 0.468 e. The zero-order valence-corrected chi connectivity index (χ0v) is 18.1. The molecule has 0 aliphatic carbocycles. The van der Waals surface area contributed by atoms with E-state index in [1.54, 1.807) is 30.3 Å². The molecule has 1 heterocycles. The molecule has 0 radical (unpaired) electrons. The highest BCUT2D eigenvalue weighted by Gasteiger charge is 2.27. The van der Waals surface area contributed by atoms with Crippen LogP contribution in [0.3, 0.4) is 0 Å². The van der Waals surface area contributed by atoms with Gasteiger partial charge in [0.25, 0.3) is 5.91 Å². The van der Waals surface area contributed by atoms with Crippen molar-refractivity contribution in [1.82, 2.24) is 9.73 Å². The van der Waals surface area contributed by atoms with Crippen LogP contribution in [0.4, 0.5) is 0 Å². The van der Waals surface area contributed by atoms with Crippen molar-refractivity contribution >= 4 is 21.6 Å². The lowest BCUT2D eigenvalue weighted by Crippen LogP contribution is -2.39. The van der Waals surface area contributed by atoms with E-state index in [4.69, 9.17) is 4.42 Å². The Kier molecular flexibility index (Phi) is 7.75. The maximum absolute atomic E-state index is 13.1. The van der Waals surface area contributed by atoms with Gasteiger partial charge in [0.15, 0.2) is 0 Å². The van der Waals surface area contributed by atoms with Gasteiger partial charge in [-0.1, -0.05) is 48.5 Å². The first-order chi connectivity index (χ1) is 14.9. The van der Waals surface area contributed by atoms with Crippen LogP contribution >= 0.6 is 0 Å². The number of rotatable bonds is 10. The number of hydrazone groups is 1. The maximum Gasteiger partial charge on any atom is 0.255 e. The van der Waals surface area contributed by atoms with Crippen molar-refractivity contribution in [3.63, 3.8) is 0 Å². The van der Waals surface area contributed by atoms with Gasteiger partial charge >= 0.3 is 0 Å². The molecule has 0 unspecified atom stereocenters. The number of hydrogen-bond donors (Lipinski definition) is 1. The standard InChI is InChI=1S/C23H25N3O4S/c1-19(14-15-20-9-4-2-5-10-20)24-25-23(27)18-26(17-21-11-8-16-30-21)31(28,29)22-12-6-3-7-13-22/h2-13,16H,14-15,17-18H2,1H3,(H,25,27)/b24-19+. The second-order valence-corrected chi connectivity index (χ2v) is 8.97. The third kappa shape index (κ3) is 6.63. The van der Waals surface area contributed by atoms with Crippen molar-refractivity contribution in [3.05, 3.63) is 90.4 Å². The zero-order chi connectivity index (χ0) is 22.1.